The Kier molecular flexibility index (Phi) is 4.68. The molecule has 4 nitrogen and oxygen atoms in total. The molecule has 1 aromatic carbocycles. The lowest BCUT2D eigenvalue weighted by Gasteiger charge is -2.19. The van der Waals surface area contributed by atoms with Crippen molar-refractivity contribution in [2.24, 2.45) is 5.92 Å². The number of alkyl halides is 3. The normalized spacial score (nSPS) is 17.4. The average Bonchev–Trinajstić information content (AvgIpc) is 3.25. The lowest BCUT2D eigenvalue weighted by molar-refractivity contribution is -0.138. The summed E-state index contributed by atoms with van der Waals surface area (Å²) >= 11 is 0. The number of carboxylic acid groups (broad SMARTS) is 1. The Balaban J connectivity index is 2.07. The van der Waals surface area contributed by atoms with E-state index in [1.165, 1.54) is 12.1 Å². The van der Waals surface area contributed by atoms with Gasteiger partial charge in [0.05, 0.1) is 11.0 Å². The first-order chi connectivity index (χ1) is 10.6. The van der Waals surface area contributed by atoms with Gasteiger partial charge < -0.3 is 10.4 Å². The van der Waals surface area contributed by atoms with E-state index in [0.717, 1.165) is 12.1 Å². The van der Waals surface area contributed by atoms with Gasteiger partial charge in [-0.2, -0.15) is 13.2 Å². The van der Waals surface area contributed by atoms with Crippen LogP contribution < -0.4 is 5.32 Å². The van der Waals surface area contributed by atoms with Crippen molar-refractivity contribution in [1.82, 2.24) is 5.32 Å². The molecule has 0 aliphatic heterocycles. The molecule has 1 aliphatic rings. The summed E-state index contributed by atoms with van der Waals surface area (Å²) in [4.78, 5) is 22.9. The maximum Gasteiger partial charge on any atom is 0.416 e. The van der Waals surface area contributed by atoms with E-state index in [9.17, 15) is 22.8 Å². The van der Waals surface area contributed by atoms with E-state index in [0.29, 0.717) is 18.4 Å². The summed E-state index contributed by atoms with van der Waals surface area (Å²) in [6.45, 7) is 1.88. The lowest BCUT2D eigenvalue weighted by Crippen LogP contribution is -2.37. The molecule has 23 heavy (non-hydrogen) atoms. The Bertz CT molecular complexity index is 609. The molecule has 2 N–H and O–H groups in total. The smallest absolute Gasteiger partial charge is 0.416 e. The van der Waals surface area contributed by atoms with E-state index < -0.39 is 23.1 Å². The summed E-state index contributed by atoms with van der Waals surface area (Å²) in [6, 6.07) is 4.83. The van der Waals surface area contributed by atoms with Crippen molar-refractivity contribution in [2.45, 2.75) is 37.8 Å². The number of hydrogen-bond donors (Lipinski definition) is 2. The summed E-state index contributed by atoms with van der Waals surface area (Å²) in [5.41, 5.74) is -1.33. The minimum Gasteiger partial charge on any atom is -0.481 e. The van der Waals surface area contributed by atoms with Crippen LogP contribution >= 0.6 is 0 Å². The van der Waals surface area contributed by atoms with Gasteiger partial charge in [0.15, 0.2) is 0 Å². The number of aliphatic carboxylic acids is 1. The first-order valence-electron chi connectivity index (χ1n) is 7.33. The molecular weight excluding hydrogens is 311 g/mol. The van der Waals surface area contributed by atoms with Gasteiger partial charge in [0, 0.05) is 13.0 Å². The predicted molar refractivity (Wildman–Crippen MR) is 76.8 cm³/mol. The van der Waals surface area contributed by atoms with E-state index in [4.69, 9.17) is 5.11 Å². The van der Waals surface area contributed by atoms with Crippen LogP contribution in [0.4, 0.5) is 13.2 Å². The maximum absolute atomic E-state index is 12.8. The number of benzene rings is 1. The summed E-state index contributed by atoms with van der Waals surface area (Å²) < 4.78 is 38.4. The molecule has 1 fully saturated rings. The fraction of sp³-hybridized carbons (Fsp3) is 0.500. The van der Waals surface area contributed by atoms with Gasteiger partial charge in [-0.25, -0.2) is 0 Å². The third kappa shape index (κ3) is 4.03. The Labute approximate surface area is 131 Å². The van der Waals surface area contributed by atoms with Crippen LogP contribution in [-0.2, 0) is 21.2 Å². The largest absolute Gasteiger partial charge is 0.481 e. The first kappa shape index (κ1) is 17.3. The van der Waals surface area contributed by atoms with Gasteiger partial charge in [0.25, 0.3) is 0 Å². The molecule has 0 heterocycles. The van der Waals surface area contributed by atoms with Crippen molar-refractivity contribution in [3.05, 3.63) is 35.4 Å². The van der Waals surface area contributed by atoms with Crippen LogP contribution in [0.5, 0.6) is 0 Å². The van der Waals surface area contributed by atoms with Crippen LogP contribution in [0.2, 0.25) is 0 Å². The molecule has 0 saturated heterocycles. The number of carboxylic acids is 1. The number of nitrogens with one attached hydrogen (secondary N) is 1. The Hall–Kier alpha value is -2.05. The minimum atomic E-state index is -4.45. The molecule has 1 saturated carbocycles. The quantitative estimate of drug-likeness (QED) is 0.843. The SMILES string of the molecule is CC(CNC(=O)C1(c2cccc(C(F)(F)F)c2)CC1)CC(=O)O. The second-order valence-corrected chi connectivity index (χ2v) is 6.07. The lowest BCUT2D eigenvalue weighted by atomic mass is 9.93. The third-order valence-electron chi connectivity index (χ3n) is 4.06. The molecule has 1 aliphatic carbocycles. The minimum absolute atomic E-state index is 0.0726. The Morgan fingerprint density at radius 3 is 2.52 bits per heavy atom. The second-order valence-electron chi connectivity index (χ2n) is 6.07. The highest BCUT2D eigenvalue weighted by molar-refractivity contribution is 5.91. The third-order valence-corrected chi connectivity index (χ3v) is 4.06. The molecule has 0 bridgehead atoms. The summed E-state index contributed by atoms with van der Waals surface area (Å²) in [6.07, 6.45) is -3.53. The van der Waals surface area contributed by atoms with Gasteiger partial charge >= 0.3 is 12.1 Å². The molecule has 1 aromatic rings. The second kappa shape index (κ2) is 6.22. The van der Waals surface area contributed by atoms with Crippen molar-refractivity contribution in [3.63, 3.8) is 0 Å². The van der Waals surface area contributed by atoms with E-state index in [1.807, 2.05) is 0 Å². The van der Waals surface area contributed by atoms with Crippen LogP contribution in [0.1, 0.15) is 37.3 Å². The molecule has 1 atom stereocenters. The number of hydrogen-bond acceptors (Lipinski definition) is 2. The molecule has 1 unspecified atom stereocenters. The standard InChI is InChI=1S/C16H18F3NO3/c1-10(7-13(21)22)9-20-14(23)15(5-6-15)11-3-2-4-12(8-11)16(17,18)19/h2-4,8,10H,5-7,9H2,1H3,(H,20,23)(H,21,22). The van der Waals surface area contributed by atoms with E-state index in [2.05, 4.69) is 5.32 Å². The fourth-order valence-corrected chi connectivity index (χ4v) is 2.57. The first-order valence-corrected chi connectivity index (χ1v) is 7.33. The average molecular weight is 329 g/mol. The number of rotatable bonds is 6. The maximum atomic E-state index is 12.8. The Morgan fingerprint density at radius 2 is 2.00 bits per heavy atom. The fourth-order valence-electron chi connectivity index (χ4n) is 2.57. The van der Waals surface area contributed by atoms with Gasteiger partial charge in [-0.1, -0.05) is 25.1 Å². The summed E-state index contributed by atoms with van der Waals surface area (Å²) in [7, 11) is 0. The van der Waals surface area contributed by atoms with Crippen LogP contribution in [-0.4, -0.2) is 23.5 Å². The molecular formula is C16H18F3NO3. The van der Waals surface area contributed by atoms with Crippen LogP contribution in [0.25, 0.3) is 0 Å². The zero-order valence-corrected chi connectivity index (χ0v) is 12.6. The molecule has 1 amide bonds. The van der Waals surface area contributed by atoms with Crippen molar-refractivity contribution >= 4 is 11.9 Å². The van der Waals surface area contributed by atoms with Gasteiger partial charge in [0.1, 0.15) is 0 Å². The Morgan fingerprint density at radius 1 is 1.35 bits per heavy atom. The highest BCUT2D eigenvalue weighted by Gasteiger charge is 2.51. The van der Waals surface area contributed by atoms with Gasteiger partial charge in [-0.3, -0.25) is 9.59 Å². The topological polar surface area (TPSA) is 66.4 Å². The summed E-state index contributed by atoms with van der Waals surface area (Å²) in [5.74, 6) is -1.53. The highest BCUT2D eigenvalue weighted by Crippen LogP contribution is 2.49. The van der Waals surface area contributed by atoms with Crippen molar-refractivity contribution in [2.75, 3.05) is 6.54 Å². The number of carbonyl (C=O) groups is 2. The van der Waals surface area contributed by atoms with Crippen molar-refractivity contribution < 1.29 is 27.9 Å². The zero-order chi connectivity index (χ0) is 17.3. The monoisotopic (exact) mass is 329 g/mol. The predicted octanol–water partition coefficient (Wildman–Crippen LogP) is 2.96. The van der Waals surface area contributed by atoms with E-state index >= 15 is 0 Å². The van der Waals surface area contributed by atoms with Crippen LogP contribution in [0.3, 0.4) is 0 Å². The van der Waals surface area contributed by atoms with Crippen LogP contribution in [0.15, 0.2) is 24.3 Å². The molecule has 126 valence electrons. The van der Waals surface area contributed by atoms with E-state index in [-0.39, 0.29) is 24.8 Å². The van der Waals surface area contributed by atoms with Gasteiger partial charge in [-0.15, -0.1) is 0 Å². The highest BCUT2D eigenvalue weighted by atomic mass is 19.4. The van der Waals surface area contributed by atoms with E-state index in [1.54, 1.807) is 6.92 Å². The molecule has 0 spiro atoms. The number of carbonyl (C=O) groups excluding carboxylic acids is 1. The van der Waals surface area contributed by atoms with Crippen molar-refractivity contribution in [3.8, 4) is 0 Å². The molecule has 0 radical (unpaired) electrons. The van der Waals surface area contributed by atoms with Gasteiger partial charge in [-0.05, 0) is 30.4 Å². The van der Waals surface area contributed by atoms with Crippen LogP contribution in [0, 0.1) is 5.92 Å². The number of halogens is 3. The number of amides is 1. The zero-order valence-electron chi connectivity index (χ0n) is 12.6. The van der Waals surface area contributed by atoms with Crippen molar-refractivity contribution in [1.29, 1.82) is 0 Å². The van der Waals surface area contributed by atoms with Gasteiger partial charge in [0.2, 0.25) is 5.91 Å². The molecule has 2 rings (SSSR count). The summed E-state index contributed by atoms with van der Waals surface area (Å²) in [5, 5.41) is 11.4. The molecule has 0 aromatic heterocycles. The molecule has 7 heteroatoms.